The van der Waals surface area contributed by atoms with Crippen LogP contribution in [-0.2, 0) is 11.8 Å². The van der Waals surface area contributed by atoms with Gasteiger partial charge in [-0.05, 0) is 31.2 Å². The van der Waals surface area contributed by atoms with E-state index in [0.29, 0.717) is 11.3 Å². The number of hydrogen-bond acceptors (Lipinski definition) is 4. The molecule has 0 saturated heterocycles. The van der Waals surface area contributed by atoms with Crippen LogP contribution in [0.4, 0.5) is 0 Å². The molecule has 1 aromatic heterocycles. The van der Waals surface area contributed by atoms with E-state index < -0.39 is 0 Å². The second kappa shape index (κ2) is 7.91. The largest absolute Gasteiger partial charge is 0.449 e. The third kappa shape index (κ3) is 4.23. The van der Waals surface area contributed by atoms with Gasteiger partial charge >= 0.3 is 5.97 Å². The topological polar surface area (TPSA) is 44.1 Å². The molecule has 0 fully saturated rings. The second-order valence-corrected chi connectivity index (χ2v) is 6.47. The van der Waals surface area contributed by atoms with Gasteiger partial charge in [0, 0.05) is 7.05 Å². The highest BCUT2D eigenvalue weighted by Crippen LogP contribution is 2.21. The van der Waals surface area contributed by atoms with Gasteiger partial charge in [-0.25, -0.2) is 9.78 Å². The quantitative estimate of drug-likeness (QED) is 0.407. The lowest BCUT2D eigenvalue weighted by Crippen LogP contribution is -2.05. The van der Waals surface area contributed by atoms with E-state index in [1.165, 1.54) is 0 Å². The molecular weight excluding hydrogens is 332 g/mol. The Morgan fingerprint density at radius 3 is 2.68 bits per heavy atom. The second-order valence-electron chi connectivity index (χ2n) is 5.53. The molecule has 0 amide bonds. The number of carbonyl (C=O) groups excluding carboxylic acids is 1. The zero-order valence-corrected chi connectivity index (χ0v) is 15.0. The minimum Gasteiger partial charge on any atom is -0.449 e. The number of imidazole rings is 1. The summed E-state index contributed by atoms with van der Waals surface area (Å²) < 4.78 is 7.20. The van der Waals surface area contributed by atoms with Gasteiger partial charge in [-0.1, -0.05) is 53.4 Å². The van der Waals surface area contributed by atoms with Crippen LogP contribution < -0.4 is 0 Å². The molecule has 0 spiro atoms. The molecule has 0 aliphatic carbocycles. The molecule has 0 atom stereocenters. The van der Waals surface area contributed by atoms with Gasteiger partial charge in [-0.2, -0.15) is 0 Å². The molecule has 2 aromatic carbocycles. The van der Waals surface area contributed by atoms with Crippen molar-refractivity contribution in [3.05, 3.63) is 59.7 Å². The Hall–Kier alpha value is -2.71. The SMILES string of the molecule is Cc1ccc(C(=O)OCC#CCSc2nc3ccccc3n2C)cc1. The molecule has 3 rings (SSSR count). The lowest BCUT2D eigenvalue weighted by molar-refractivity contribution is 0.0556. The maximum absolute atomic E-state index is 11.8. The van der Waals surface area contributed by atoms with Crippen LogP contribution in [0.2, 0.25) is 0 Å². The Morgan fingerprint density at radius 2 is 1.92 bits per heavy atom. The van der Waals surface area contributed by atoms with E-state index in [-0.39, 0.29) is 12.6 Å². The Morgan fingerprint density at radius 1 is 1.16 bits per heavy atom. The summed E-state index contributed by atoms with van der Waals surface area (Å²) in [5.41, 5.74) is 3.73. The molecule has 0 radical (unpaired) electrons. The summed E-state index contributed by atoms with van der Waals surface area (Å²) in [6, 6.07) is 15.3. The first-order valence-electron chi connectivity index (χ1n) is 7.89. The van der Waals surface area contributed by atoms with Crippen molar-refractivity contribution in [2.45, 2.75) is 12.1 Å². The first-order chi connectivity index (χ1) is 12.1. The fourth-order valence-corrected chi connectivity index (χ4v) is 3.09. The molecular formula is C20H18N2O2S. The smallest absolute Gasteiger partial charge is 0.339 e. The number of carbonyl (C=O) groups is 1. The highest BCUT2D eigenvalue weighted by Gasteiger charge is 2.06. The van der Waals surface area contributed by atoms with Gasteiger partial charge in [-0.15, -0.1) is 0 Å². The summed E-state index contributed by atoms with van der Waals surface area (Å²) in [6.07, 6.45) is 0. The summed E-state index contributed by atoms with van der Waals surface area (Å²) >= 11 is 1.57. The van der Waals surface area contributed by atoms with Crippen LogP contribution in [-0.4, -0.2) is 27.9 Å². The van der Waals surface area contributed by atoms with Crippen LogP contribution in [0.25, 0.3) is 11.0 Å². The Kier molecular flexibility index (Phi) is 5.42. The minimum absolute atomic E-state index is 0.0931. The van der Waals surface area contributed by atoms with Crippen molar-refractivity contribution in [1.82, 2.24) is 9.55 Å². The fourth-order valence-electron chi connectivity index (χ4n) is 2.33. The monoisotopic (exact) mass is 350 g/mol. The van der Waals surface area contributed by atoms with Crippen LogP contribution in [0.15, 0.2) is 53.7 Å². The first kappa shape index (κ1) is 17.1. The minimum atomic E-state index is -0.350. The molecule has 0 aliphatic heterocycles. The van der Waals surface area contributed by atoms with Crippen molar-refractivity contribution in [3.63, 3.8) is 0 Å². The van der Waals surface area contributed by atoms with Crippen molar-refractivity contribution >= 4 is 28.8 Å². The number of aromatic nitrogens is 2. The number of esters is 1. The Balaban J connectivity index is 1.49. The summed E-state index contributed by atoms with van der Waals surface area (Å²) in [5, 5.41) is 0.923. The number of para-hydroxylation sites is 2. The van der Waals surface area contributed by atoms with Crippen LogP contribution in [0.3, 0.4) is 0 Å². The van der Waals surface area contributed by atoms with Crippen LogP contribution >= 0.6 is 11.8 Å². The average molecular weight is 350 g/mol. The maximum atomic E-state index is 11.8. The van der Waals surface area contributed by atoms with Crippen molar-refractivity contribution in [2.75, 3.05) is 12.4 Å². The molecule has 0 bridgehead atoms. The maximum Gasteiger partial charge on any atom is 0.339 e. The zero-order chi connectivity index (χ0) is 17.6. The number of benzene rings is 2. The van der Waals surface area contributed by atoms with E-state index in [0.717, 1.165) is 21.8 Å². The summed E-state index contributed by atoms with van der Waals surface area (Å²) in [6.45, 7) is 2.07. The number of fused-ring (bicyclic) bond motifs is 1. The average Bonchev–Trinajstić information content (AvgIpc) is 2.95. The predicted molar refractivity (Wildman–Crippen MR) is 101 cm³/mol. The van der Waals surface area contributed by atoms with Crippen LogP contribution in [0, 0.1) is 18.8 Å². The number of aryl methyl sites for hydroxylation is 2. The lowest BCUT2D eigenvalue weighted by atomic mass is 10.1. The van der Waals surface area contributed by atoms with E-state index in [1.807, 2.05) is 50.4 Å². The van der Waals surface area contributed by atoms with Crippen molar-refractivity contribution < 1.29 is 9.53 Å². The summed E-state index contributed by atoms with van der Waals surface area (Å²) in [7, 11) is 1.99. The van der Waals surface area contributed by atoms with Gasteiger partial charge in [0.15, 0.2) is 11.8 Å². The van der Waals surface area contributed by atoms with E-state index in [4.69, 9.17) is 4.74 Å². The van der Waals surface area contributed by atoms with Crippen molar-refractivity contribution in [1.29, 1.82) is 0 Å². The highest BCUT2D eigenvalue weighted by atomic mass is 32.2. The highest BCUT2D eigenvalue weighted by molar-refractivity contribution is 7.99. The molecule has 0 saturated carbocycles. The summed E-state index contributed by atoms with van der Waals surface area (Å²) in [4.78, 5) is 16.4. The third-order valence-electron chi connectivity index (χ3n) is 3.71. The van der Waals surface area contributed by atoms with E-state index >= 15 is 0 Å². The van der Waals surface area contributed by atoms with E-state index in [1.54, 1.807) is 23.9 Å². The molecule has 1 heterocycles. The number of rotatable bonds is 4. The fraction of sp³-hybridized carbons (Fsp3) is 0.200. The normalized spacial score (nSPS) is 10.3. The molecule has 0 N–H and O–H groups in total. The van der Waals surface area contributed by atoms with E-state index in [2.05, 4.69) is 21.4 Å². The zero-order valence-electron chi connectivity index (χ0n) is 14.2. The van der Waals surface area contributed by atoms with Gasteiger partial charge < -0.3 is 9.30 Å². The van der Waals surface area contributed by atoms with Crippen LogP contribution in [0.1, 0.15) is 15.9 Å². The number of ether oxygens (including phenoxy) is 1. The van der Waals surface area contributed by atoms with Gasteiger partial charge in [-0.3, -0.25) is 0 Å². The first-order valence-corrected chi connectivity index (χ1v) is 8.87. The predicted octanol–water partition coefficient (Wildman–Crippen LogP) is 3.83. The standard InChI is InChI=1S/C20H18N2O2S/c1-15-9-11-16(12-10-15)19(23)24-13-5-6-14-25-20-21-17-7-3-4-8-18(17)22(20)2/h3-4,7-12H,13-14H2,1-2H3. The molecule has 3 aromatic rings. The van der Waals surface area contributed by atoms with E-state index in [9.17, 15) is 4.79 Å². The number of hydrogen-bond donors (Lipinski definition) is 0. The number of thioether (sulfide) groups is 1. The van der Waals surface area contributed by atoms with Crippen LogP contribution in [0.5, 0.6) is 0 Å². The molecule has 5 heteroatoms. The lowest BCUT2D eigenvalue weighted by Gasteiger charge is -2.01. The Labute approximate surface area is 151 Å². The van der Waals surface area contributed by atoms with Crippen molar-refractivity contribution in [2.24, 2.45) is 7.05 Å². The van der Waals surface area contributed by atoms with Crippen molar-refractivity contribution in [3.8, 4) is 11.8 Å². The van der Waals surface area contributed by atoms with Gasteiger partial charge in [0.25, 0.3) is 0 Å². The van der Waals surface area contributed by atoms with Gasteiger partial charge in [0.2, 0.25) is 0 Å². The molecule has 4 nitrogen and oxygen atoms in total. The van der Waals surface area contributed by atoms with Gasteiger partial charge in [0.1, 0.15) is 0 Å². The molecule has 126 valence electrons. The Bertz CT molecular complexity index is 949. The summed E-state index contributed by atoms with van der Waals surface area (Å²) in [5.74, 6) is 6.12. The number of nitrogens with zero attached hydrogens (tertiary/aromatic N) is 2. The van der Waals surface area contributed by atoms with Gasteiger partial charge in [0.05, 0.1) is 22.3 Å². The third-order valence-corrected chi connectivity index (χ3v) is 4.62. The molecule has 0 aliphatic rings. The molecule has 0 unspecified atom stereocenters. The molecule has 25 heavy (non-hydrogen) atoms.